The van der Waals surface area contributed by atoms with E-state index in [2.05, 4.69) is 0 Å². The molecule has 1 aliphatic heterocycles. The Morgan fingerprint density at radius 2 is 1.67 bits per heavy atom. The smallest absolute Gasteiger partial charge is 0.333 e. The first-order valence-corrected chi connectivity index (χ1v) is 6.92. The third-order valence-electron chi connectivity index (χ3n) is 3.62. The zero-order valence-electron chi connectivity index (χ0n) is 11.7. The molecule has 1 aliphatic rings. The fraction of sp³-hybridized carbons (Fsp3) is 0.235. The second kappa shape index (κ2) is 5.58. The lowest BCUT2D eigenvalue weighted by Crippen LogP contribution is -2.33. The molecule has 3 rings (SSSR count). The summed E-state index contributed by atoms with van der Waals surface area (Å²) in [6, 6.07) is 15.0. The van der Waals surface area contributed by atoms with Gasteiger partial charge in [0, 0.05) is 17.7 Å². The van der Waals surface area contributed by atoms with E-state index in [0.29, 0.717) is 18.1 Å². The van der Waals surface area contributed by atoms with Crippen molar-refractivity contribution in [1.29, 1.82) is 0 Å². The van der Waals surface area contributed by atoms with Crippen molar-refractivity contribution in [1.82, 2.24) is 0 Å². The van der Waals surface area contributed by atoms with E-state index in [1.54, 1.807) is 6.92 Å². The van der Waals surface area contributed by atoms with E-state index in [-0.39, 0.29) is 5.92 Å². The number of carboxylic acids is 1. The summed E-state index contributed by atoms with van der Waals surface area (Å²) in [5, 5.41) is 9.54. The number of aliphatic carboxylic acids is 1. The van der Waals surface area contributed by atoms with Crippen LogP contribution in [0.4, 0.5) is 0 Å². The lowest BCUT2D eigenvalue weighted by Gasteiger charge is -2.31. The molecular formula is C17H16O4. The van der Waals surface area contributed by atoms with Crippen LogP contribution in [0.3, 0.4) is 0 Å². The van der Waals surface area contributed by atoms with Crippen LogP contribution in [-0.4, -0.2) is 23.8 Å². The average Bonchev–Trinajstić information content (AvgIpc) is 2.50. The minimum atomic E-state index is -0.964. The highest BCUT2D eigenvalue weighted by molar-refractivity contribution is 5.76. The molecule has 2 aromatic carbocycles. The molecule has 108 valence electrons. The summed E-state index contributed by atoms with van der Waals surface area (Å²) in [6.07, 6.45) is -0.929. The number of hydrogen-bond donors (Lipinski definition) is 1. The molecule has 4 heteroatoms. The van der Waals surface area contributed by atoms with Gasteiger partial charge >= 0.3 is 5.97 Å². The van der Waals surface area contributed by atoms with E-state index in [1.165, 1.54) is 0 Å². The van der Waals surface area contributed by atoms with Gasteiger partial charge < -0.3 is 14.6 Å². The Kier molecular flexibility index (Phi) is 3.62. The fourth-order valence-corrected chi connectivity index (χ4v) is 2.76. The molecule has 21 heavy (non-hydrogen) atoms. The molecule has 4 nitrogen and oxygen atoms in total. The highest BCUT2D eigenvalue weighted by Gasteiger charge is 2.37. The van der Waals surface area contributed by atoms with Crippen LogP contribution in [0.25, 0.3) is 0 Å². The molecule has 1 N–H and O–H groups in total. The van der Waals surface area contributed by atoms with Gasteiger partial charge in [0.15, 0.2) is 6.10 Å². The van der Waals surface area contributed by atoms with Gasteiger partial charge in [0.05, 0.1) is 5.92 Å². The van der Waals surface area contributed by atoms with E-state index < -0.39 is 12.1 Å². The van der Waals surface area contributed by atoms with Crippen molar-refractivity contribution < 1.29 is 19.4 Å². The largest absolute Gasteiger partial charge is 0.479 e. The predicted molar refractivity (Wildman–Crippen MR) is 77.9 cm³/mol. The molecule has 0 spiro atoms. The van der Waals surface area contributed by atoms with Gasteiger partial charge in [-0.25, -0.2) is 4.79 Å². The van der Waals surface area contributed by atoms with Crippen molar-refractivity contribution in [2.45, 2.75) is 18.9 Å². The molecule has 0 aromatic heterocycles. The van der Waals surface area contributed by atoms with E-state index in [9.17, 15) is 9.90 Å². The van der Waals surface area contributed by atoms with Gasteiger partial charge in [-0.1, -0.05) is 36.4 Å². The highest BCUT2D eigenvalue weighted by Crippen LogP contribution is 2.46. The van der Waals surface area contributed by atoms with Gasteiger partial charge in [-0.3, -0.25) is 0 Å². The molecule has 0 saturated heterocycles. The zero-order chi connectivity index (χ0) is 14.8. The normalized spacial score (nSPS) is 14.7. The molecule has 0 amide bonds. The fourth-order valence-electron chi connectivity index (χ4n) is 2.76. The van der Waals surface area contributed by atoms with Gasteiger partial charge in [0.2, 0.25) is 0 Å². The summed E-state index contributed by atoms with van der Waals surface area (Å²) < 4.78 is 11.4. The molecular weight excluding hydrogens is 268 g/mol. The Morgan fingerprint density at radius 1 is 1.14 bits per heavy atom. The zero-order valence-corrected chi connectivity index (χ0v) is 11.7. The number of hydrogen-bond acceptors (Lipinski definition) is 3. The first kappa shape index (κ1) is 13.6. The van der Waals surface area contributed by atoms with Gasteiger partial charge in [0.1, 0.15) is 11.5 Å². The minimum absolute atomic E-state index is 0.346. The number of rotatable bonds is 4. The Morgan fingerprint density at radius 3 is 2.14 bits per heavy atom. The van der Waals surface area contributed by atoms with E-state index >= 15 is 0 Å². The van der Waals surface area contributed by atoms with Crippen molar-refractivity contribution in [3.8, 4) is 11.5 Å². The standard InChI is InChI=1S/C17H16O4/c1-2-20-16(17(18)19)15-11-7-3-5-9-13(11)21-14-10-6-4-8-12(14)15/h3-10,15-16H,2H2,1H3,(H,18,19). The predicted octanol–water partition coefficient (Wildman–Crippen LogP) is 3.41. The Balaban J connectivity index is 2.16. The van der Waals surface area contributed by atoms with Gasteiger partial charge in [-0.15, -0.1) is 0 Å². The minimum Gasteiger partial charge on any atom is -0.479 e. The third-order valence-corrected chi connectivity index (χ3v) is 3.62. The van der Waals surface area contributed by atoms with E-state index in [1.807, 2.05) is 48.5 Å². The van der Waals surface area contributed by atoms with Crippen molar-refractivity contribution in [2.24, 2.45) is 0 Å². The molecule has 1 atom stereocenters. The van der Waals surface area contributed by atoms with Crippen LogP contribution >= 0.6 is 0 Å². The lowest BCUT2D eigenvalue weighted by molar-refractivity contribution is -0.151. The van der Waals surface area contributed by atoms with Gasteiger partial charge in [-0.05, 0) is 19.1 Å². The van der Waals surface area contributed by atoms with Crippen LogP contribution in [0.1, 0.15) is 24.0 Å². The van der Waals surface area contributed by atoms with E-state index in [4.69, 9.17) is 9.47 Å². The molecule has 0 saturated carbocycles. The second-order valence-corrected chi connectivity index (χ2v) is 4.87. The summed E-state index contributed by atoms with van der Waals surface area (Å²) in [5.41, 5.74) is 1.69. The number of carbonyl (C=O) groups is 1. The average molecular weight is 284 g/mol. The highest BCUT2D eigenvalue weighted by atomic mass is 16.5. The number of benzene rings is 2. The quantitative estimate of drug-likeness (QED) is 0.934. The van der Waals surface area contributed by atoms with E-state index in [0.717, 1.165) is 11.1 Å². The van der Waals surface area contributed by atoms with Crippen LogP contribution in [-0.2, 0) is 9.53 Å². The summed E-state index contributed by atoms with van der Waals surface area (Å²) in [6.45, 7) is 2.14. The summed E-state index contributed by atoms with van der Waals surface area (Å²) >= 11 is 0. The van der Waals surface area contributed by atoms with Crippen molar-refractivity contribution in [2.75, 3.05) is 6.61 Å². The number of fused-ring (bicyclic) bond motifs is 2. The molecule has 0 fully saturated rings. The number of ether oxygens (including phenoxy) is 2. The number of carboxylic acid groups (broad SMARTS) is 1. The maximum atomic E-state index is 11.6. The Hall–Kier alpha value is -2.33. The Bertz CT molecular complexity index is 620. The summed E-state index contributed by atoms with van der Waals surface area (Å²) in [4.78, 5) is 11.6. The maximum Gasteiger partial charge on any atom is 0.333 e. The van der Waals surface area contributed by atoms with Crippen LogP contribution in [0.5, 0.6) is 11.5 Å². The first-order chi connectivity index (χ1) is 10.2. The van der Waals surface area contributed by atoms with Crippen LogP contribution < -0.4 is 4.74 Å². The molecule has 1 unspecified atom stereocenters. The van der Waals surface area contributed by atoms with Crippen molar-refractivity contribution in [3.63, 3.8) is 0 Å². The summed E-state index contributed by atoms with van der Waals surface area (Å²) in [7, 11) is 0. The van der Waals surface area contributed by atoms with Crippen LogP contribution in [0.15, 0.2) is 48.5 Å². The SMILES string of the molecule is CCOC(C(=O)O)C1c2ccccc2Oc2ccccc21. The van der Waals surface area contributed by atoms with Crippen LogP contribution in [0, 0.1) is 0 Å². The topological polar surface area (TPSA) is 55.8 Å². The van der Waals surface area contributed by atoms with Crippen molar-refractivity contribution in [3.05, 3.63) is 59.7 Å². The third kappa shape index (κ3) is 2.38. The van der Waals surface area contributed by atoms with Gasteiger partial charge in [-0.2, -0.15) is 0 Å². The van der Waals surface area contributed by atoms with Gasteiger partial charge in [0.25, 0.3) is 0 Å². The molecule has 2 aromatic rings. The second-order valence-electron chi connectivity index (χ2n) is 4.87. The maximum absolute atomic E-state index is 11.6. The first-order valence-electron chi connectivity index (χ1n) is 6.92. The van der Waals surface area contributed by atoms with Crippen LogP contribution in [0.2, 0.25) is 0 Å². The molecule has 0 radical (unpaired) electrons. The lowest BCUT2D eigenvalue weighted by atomic mass is 9.83. The number of para-hydroxylation sites is 2. The van der Waals surface area contributed by atoms with Crippen molar-refractivity contribution >= 4 is 5.97 Å². The monoisotopic (exact) mass is 284 g/mol. The molecule has 0 bridgehead atoms. The molecule has 1 heterocycles. The Labute approximate surface area is 122 Å². The summed E-state index contributed by atoms with van der Waals surface area (Å²) in [5.74, 6) is 0.0382. The molecule has 0 aliphatic carbocycles.